The fourth-order valence-electron chi connectivity index (χ4n) is 2.03. The van der Waals surface area contributed by atoms with E-state index in [4.69, 9.17) is 16.3 Å². The van der Waals surface area contributed by atoms with E-state index in [1.807, 2.05) is 6.92 Å². The molecule has 0 saturated carbocycles. The van der Waals surface area contributed by atoms with Crippen LogP contribution in [0.25, 0.3) is 0 Å². The average Bonchev–Trinajstić information content (AvgIpc) is 2.51. The van der Waals surface area contributed by atoms with Gasteiger partial charge < -0.3 is 15.2 Å². The van der Waals surface area contributed by atoms with Crippen molar-refractivity contribution < 1.29 is 19.4 Å². The number of carboxylic acid groups (broad SMARTS) is 1. The minimum absolute atomic E-state index is 0.00685. The molecule has 2 rings (SSSR count). The van der Waals surface area contributed by atoms with Crippen LogP contribution in [0, 0.1) is 6.92 Å². The summed E-state index contributed by atoms with van der Waals surface area (Å²) in [5.41, 5.74) is 1.00. The van der Waals surface area contributed by atoms with E-state index in [0.717, 1.165) is 5.56 Å². The first-order valence-electron chi connectivity index (χ1n) is 7.04. The smallest absolute Gasteiger partial charge is 0.337 e. The quantitative estimate of drug-likeness (QED) is 0.757. The molecule has 1 atom stereocenters. The zero-order valence-corrected chi connectivity index (χ0v) is 15.3. The fraction of sp³-hybridized carbons (Fsp3) is 0.176. The third-order valence-electron chi connectivity index (χ3n) is 3.28. The molecule has 0 radical (unpaired) electrons. The Labute approximate surface area is 152 Å². The molecular weight excluding hydrogens is 398 g/mol. The van der Waals surface area contributed by atoms with E-state index in [1.54, 1.807) is 31.2 Å². The van der Waals surface area contributed by atoms with Gasteiger partial charge in [0, 0.05) is 9.50 Å². The molecule has 0 aliphatic rings. The maximum atomic E-state index is 12.3. The Hall–Kier alpha value is -2.05. The lowest BCUT2D eigenvalue weighted by Crippen LogP contribution is -2.31. The summed E-state index contributed by atoms with van der Waals surface area (Å²) in [6.45, 7) is 3.41. The second-order valence-electron chi connectivity index (χ2n) is 5.15. The van der Waals surface area contributed by atoms with Crippen molar-refractivity contribution >= 4 is 45.1 Å². The van der Waals surface area contributed by atoms with Crippen molar-refractivity contribution in [2.24, 2.45) is 0 Å². The van der Waals surface area contributed by atoms with Gasteiger partial charge in [0.25, 0.3) is 5.91 Å². The minimum atomic E-state index is -1.13. The number of benzene rings is 2. The topological polar surface area (TPSA) is 75.6 Å². The molecule has 0 aromatic heterocycles. The van der Waals surface area contributed by atoms with E-state index in [9.17, 15) is 14.7 Å². The number of carboxylic acids is 1. The number of anilines is 1. The third-order valence-corrected chi connectivity index (χ3v) is 4.01. The van der Waals surface area contributed by atoms with Gasteiger partial charge in [-0.3, -0.25) is 4.79 Å². The van der Waals surface area contributed by atoms with Gasteiger partial charge in [0.2, 0.25) is 0 Å². The molecule has 1 unspecified atom stereocenters. The van der Waals surface area contributed by atoms with Crippen molar-refractivity contribution in [1.82, 2.24) is 0 Å². The predicted molar refractivity (Wildman–Crippen MR) is 96.0 cm³/mol. The summed E-state index contributed by atoms with van der Waals surface area (Å²) in [4.78, 5) is 23.6. The molecule has 0 aliphatic heterocycles. The summed E-state index contributed by atoms with van der Waals surface area (Å²) >= 11 is 9.10. The number of carbonyl (C=O) groups excluding carboxylic acids is 1. The van der Waals surface area contributed by atoms with Crippen LogP contribution < -0.4 is 10.1 Å². The van der Waals surface area contributed by atoms with Gasteiger partial charge in [0.15, 0.2) is 6.10 Å². The molecule has 0 heterocycles. The van der Waals surface area contributed by atoms with Crippen molar-refractivity contribution in [3.8, 4) is 5.75 Å². The summed E-state index contributed by atoms with van der Waals surface area (Å²) in [5.74, 6) is -1.04. The number of amides is 1. The maximum absolute atomic E-state index is 12.3. The van der Waals surface area contributed by atoms with Crippen LogP contribution in [0.2, 0.25) is 5.02 Å². The van der Waals surface area contributed by atoms with E-state index >= 15 is 0 Å². The van der Waals surface area contributed by atoms with Crippen LogP contribution in [0.5, 0.6) is 5.75 Å². The zero-order chi connectivity index (χ0) is 17.9. The van der Waals surface area contributed by atoms with Crippen LogP contribution in [-0.4, -0.2) is 23.1 Å². The van der Waals surface area contributed by atoms with Crippen molar-refractivity contribution in [2.45, 2.75) is 20.0 Å². The van der Waals surface area contributed by atoms with Gasteiger partial charge in [-0.15, -0.1) is 0 Å². The van der Waals surface area contributed by atoms with Crippen molar-refractivity contribution in [1.29, 1.82) is 0 Å². The van der Waals surface area contributed by atoms with Crippen LogP contribution >= 0.6 is 27.5 Å². The summed E-state index contributed by atoms with van der Waals surface area (Å²) in [6.07, 6.45) is -0.810. The highest BCUT2D eigenvalue weighted by atomic mass is 79.9. The third kappa shape index (κ3) is 4.49. The molecule has 0 fully saturated rings. The number of ether oxygens (including phenoxy) is 1. The van der Waals surface area contributed by atoms with Crippen LogP contribution in [0.15, 0.2) is 40.9 Å². The maximum Gasteiger partial charge on any atom is 0.337 e. The van der Waals surface area contributed by atoms with Gasteiger partial charge in [-0.25, -0.2) is 4.79 Å². The molecule has 2 aromatic carbocycles. The summed E-state index contributed by atoms with van der Waals surface area (Å²) in [5, 5.41) is 12.4. The van der Waals surface area contributed by atoms with Crippen LogP contribution in [0.3, 0.4) is 0 Å². The molecule has 0 spiro atoms. The number of aryl methyl sites for hydroxylation is 1. The first-order chi connectivity index (χ1) is 11.3. The number of rotatable bonds is 5. The van der Waals surface area contributed by atoms with Crippen molar-refractivity contribution in [3.63, 3.8) is 0 Å². The van der Waals surface area contributed by atoms with E-state index in [0.29, 0.717) is 15.2 Å². The Kier molecular flexibility index (Phi) is 5.85. The van der Waals surface area contributed by atoms with Gasteiger partial charge in [-0.05, 0) is 55.8 Å². The van der Waals surface area contributed by atoms with Gasteiger partial charge >= 0.3 is 5.97 Å². The number of carbonyl (C=O) groups is 2. The van der Waals surface area contributed by atoms with E-state index in [-0.39, 0.29) is 11.3 Å². The predicted octanol–water partition coefficient (Wildman–Crippen LogP) is 4.52. The second kappa shape index (κ2) is 7.68. The lowest BCUT2D eigenvalue weighted by Gasteiger charge is -2.17. The monoisotopic (exact) mass is 411 g/mol. The Morgan fingerprint density at radius 1 is 1.25 bits per heavy atom. The fourth-order valence-corrected chi connectivity index (χ4v) is 2.61. The highest BCUT2D eigenvalue weighted by Crippen LogP contribution is 2.24. The summed E-state index contributed by atoms with van der Waals surface area (Å²) < 4.78 is 6.24. The zero-order valence-electron chi connectivity index (χ0n) is 13.0. The highest BCUT2D eigenvalue weighted by Gasteiger charge is 2.19. The molecule has 7 heteroatoms. The first-order valence-corrected chi connectivity index (χ1v) is 8.21. The number of hydrogen-bond donors (Lipinski definition) is 2. The van der Waals surface area contributed by atoms with E-state index in [1.165, 1.54) is 12.1 Å². The summed E-state index contributed by atoms with van der Waals surface area (Å²) in [6, 6.07) is 9.68. The molecule has 1 amide bonds. The minimum Gasteiger partial charge on any atom is -0.481 e. The largest absolute Gasteiger partial charge is 0.481 e. The number of aromatic carboxylic acids is 1. The molecule has 5 nitrogen and oxygen atoms in total. The van der Waals surface area contributed by atoms with Crippen LogP contribution in [-0.2, 0) is 4.79 Å². The van der Waals surface area contributed by atoms with Gasteiger partial charge in [-0.1, -0.05) is 27.5 Å². The molecule has 2 aromatic rings. The highest BCUT2D eigenvalue weighted by molar-refractivity contribution is 9.10. The average molecular weight is 413 g/mol. The number of halogens is 2. The van der Waals surface area contributed by atoms with Crippen LogP contribution in [0.1, 0.15) is 22.8 Å². The molecule has 0 saturated heterocycles. The van der Waals surface area contributed by atoms with Crippen molar-refractivity contribution in [2.75, 3.05) is 5.32 Å². The van der Waals surface area contributed by atoms with Crippen LogP contribution in [0.4, 0.5) is 5.69 Å². The SMILES string of the molecule is Cc1cc(Cl)ccc1OC(C)C(=O)Nc1ccc(Br)cc1C(=O)O. The molecule has 2 N–H and O–H groups in total. The molecule has 0 aliphatic carbocycles. The lowest BCUT2D eigenvalue weighted by atomic mass is 10.1. The normalized spacial score (nSPS) is 11.7. The number of nitrogens with one attached hydrogen (secondary N) is 1. The molecule has 126 valence electrons. The van der Waals surface area contributed by atoms with Gasteiger partial charge in [0.1, 0.15) is 5.75 Å². The lowest BCUT2D eigenvalue weighted by molar-refractivity contribution is -0.122. The molecular formula is C17H15BrClNO4. The van der Waals surface area contributed by atoms with E-state index in [2.05, 4.69) is 21.2 Å². The standard InChI is InChI=1S/C17H15BrClNO4/c1-9-7-12(19)4-6-15(9)24-10(2)16(21)20-14-5-3-11(18)8-13(14)17(22)23/h3-8,10H,1-2H3,(H,20,21)(H,22,23). The Balaban J connectivity index is 2.13. The Morgan fingerprint density at radius 3 is 2.58 bits per heavy atom. The Bertz CT molecular complexity index is 794. The Morgan fingerprint density at radius 2 is 1.96 bits per heavy atom. The van der Waals surface area contributed by atoms with Gasteiger partial charge in [0.05, 0.1) is 11.3 Å². The molecule has 24 heavy (non-hydrogen) atoms. The van der Waals surface area contributed by atoms with Gasteiger partial charge in [-0.2, -0.15) is 0 Å². The number of hydrogen-bond acceptors (Lipinski definition) is 3. The molecule has 0 bridgehead atoms. The van der Waals surface area contributed by atoms with Crippen molar-refractivity contribution in [3.05, 3.63) is 57.0 Å². The summed E-state index contributed by atoms with van der Waals surface area (Å²) in [7, 11) is 0. The second-order valence-corrected chi connectivity index (χ2v) is 6.51. The first kappa shape index (κ1) is 18.3. The van der Waals surface area contributed by atoms with E-state index < -0.39 is 18.0 Å².